The molecule has 10 heteroatoms. The number of carboxylic acids is 1. The molecule has 9 nitrogen and oxygen atoms in total. The van der Waals surface area contributed by atoms with E-state index in [1.807, 2.05) is 0 Å². The molecule has 0 radical (unpaired) electrons. The summed E-state index contributed by atoms with van der Waals surface area (Å²) >= 11 is 0. The third kappa shape index (κ3) is 3.71. The molecule has 3 aromatic rings. The van der Waals surface area contributed by atoms with Gasteiger partial charge in [0.25, 0.3) is 15.7 Å². The number of carbonyl (C=O) groups is 1. The van der Waals surface area contributed by atoms with Crippen LogP contribution >= 0.6 is 0 Å². The first-order valence-electron chi connectivity index (χ1n) is 7.89. The van der Waals surface area contributed by atoms with Crippen LogP contribution in [0.3, 0.4) is 0 Å². The van der Waals surface area contributed by atoms with Crippen molar-refractivity contribution in [3.05, 3.63) is 76.0 Å². The minimum atomic E-state index is -4.23. The fourth-order valence-electron chi connectivity index (χ4n) is 2.59. The van der Waals surface area contributed by atoms with Crippen LogP contribution in [0.1, 0.15) is 16.1 Å². The summed E-state index contributed by atoms with van der Waals surface area (Å²) in [6, 6.07) is 12.3. The number of rotatable bonds is 6. The van der Waals surface area contributed by atoms with E-state index in [-0.39, 0.29) is 17.2 Å². The van der Waals surface area contributed by atoms with Crippen molar-refractivity contribution in [2.75, 3.05) is 4.72 Å². The standard InChI is InChI=1S/C18H14N2O7S/c1-11-6-7-12(10-13(11)15-8-9-16(27-15)18(21)22)19-28(25,26)17-5-3-2-4-14(17)20(23)24/h2-10,19H,1H3,(H,21,22). The lowest BCUT2D eigenvalue weighted by Crippen LogP contribution is -2.14. The smallest absolute Gasteiger partial charge is 0.371 e. The van der Waals surface area contributed by atoms with Crippen LogP contribution in [0.25, 0.3) is 11.3 Å². The number of nitro groups is 1. The average molecular weight is 402 g/mol. The molecule has 1 heterocycles. The first-order chi connectivity index (χ1) is 13.2. The molecular weight excluding hydrogens is 388 g/mol. The van der Waals surface area contributed by atoms with E-state index in [4.69, 9.17) is 9.52 Å². The predicted octanol–water partition coefficient (Wildman–Crippen LogP) is 3.66. The lowest BCUT2D eigenvalue weighted by molar-refractivity contribution is -0.387. The highest BCUT2D eigenvalue weighted by Gasteiger charge is 2.25. The second-order valence-electron chi connectivity index (χ2n) is 5.83. The van der Waals surface area contributed by atoms with E-state index in [9.17, 15) is 23.3 Å². The largest absolute Gasteiger partial charge is 0.475 e. The van der Waals surface area contributed by atoms with E-state index < -0.39 is 31.5 Å². The van der Waals surface area contributed by atoms with Gasteiger partial charge in [0.05, 0.1) is 4.92 Å². The Hall–Kier alpha value is -3.66. The second kappa shape index (κ2) is 7.16. The SMILES string of the molecule is Cc1ccc(NS(=O)(=O)c2ccccc2[N+](=O)[O-])cc1-c1ccc(C(=O)O)o1. The van der Waals surface area contributed by atoms with Crippen molar-refractivity contribution in [2.45, 2.75) is 11.8 Å². The summed E-state index contributed by atoms with van der Waals surface area (Å²) in [4.78, 5) is 20.9. The number of carboxylic acid groups (broad SMARTS) is 1. The van der Waals surface area contributed by atoms with Crippen LogP contribution in [-0.4, -0.2) is 24.4 Å². The molecule has 28 heavy (non-hydrogen) atoms. The summed E-state index contributed by atoms with van der Waals surface area (Å²) in [5.41, 5.74) is 0.807. The third-order valence-corrected chi connectivity index (χ3v) is 5.35. The van der Waals surface area contributed by atoms with Crippen LogP contribution in [0.4, 0.5) is 11.4 Å². The van der Waals surface area contributed by atoms with Crippen LogP contribution < -0.4 is 4.72 Å². The zero-order valence-corrected chi connectivity index (χ0v) is 15.3. The van der Waals surface area contributed by atoms with Crippen LogP contribution in [0.2, 0.25) is 0 Å². The number of nitrogens with zero attached hydrogens (tertiary/aromatic N) is 1. The summed E-state index contributed by atoms with van der Waals surface area (Å²) in [5.74, 6) is -1.22. The molecule has 0 saturated carbocycles. The van der Waals surface area contributed by atoms with Crippen molar-refractivity contribution in [1.29, 1.82) is 0 Å². The summed E-state index contributed by atoms with van der Waals surface area (Å²) in [6.07, 6.45) is 0. The number of hydrogen-bond acceptors (Lipinski definition) is 6. The first kappa shape index (κ1) is 19.1. The fourth-order valence-corrected chi connectivity index (χ4v) is 3.82. The lowest BCUT2D eigenvalue weighted by atomic mass is 10.1. The van der Waals surface area contributed by atoms with Gasteiger partial charge < -0.3 is 9.52 Å². The van der Waals surface area contributed by atoms with Crippen LogP contribution in [0, 0.1) is 17.0 Å². The molecule has 3 rings (SSSR count). The number of aryl methyl sites for hydroxylation is 1. The van der Waals surface area contributed by atoms with Gasteiger partial charge in [-0.1, -0.05) is 18.2 Å². The van der Waals surface area contributed by atoms with Crippen LogP contribution in [-0.2, 0) is 10.0 Å². The zero-order valence-electron chi connectivity index (χ0n) is 14.4. The molecule has 2 aromatic carbocycles. The van der Waals surface area contributed by atoms with Crippen molar-refractivity contribution >= 4 is 27.4 Å². The molecule has 0 aliphatic carbocycles. The highest BCUT2D eigenvalue weighted by Crippen LogP contribution is 2.30. The summed E-state index contributed by atoms with van der Waals surface area (Å²) in [6.45, 7) is 1.75. The average Bonchev–Trinajstić information content (AvgIpc) is 3.13. The zero-order chi connectivity index (χ0) is 20.5. The van der Waals surface area contributed by atoms with Gasteiger partial charge in [-0.2, -0.15) is 0 Å². The Morgan fingerprint density at radius 3 is 2.50 bits per heavy atom. The van der Waals surface area contributed by atoms with E-state index in [0.717, 1.165) is 17.7 Å². The topological polar surface area (TPSA) is 140 Å². The van der Waals surface area contributed by atoms with E-state index in [1.54, 1.807) is 13.0 Å². The minimum Gasteiger partial charge on any atom is -0.475 e. The molecule has 0 spiro atoms. The lowest BCUT2D eigenvalue weighted by Gasteiger charge is -2.11. The van der Waals surface area contributed by atoms with E-state index in [1.165, 1.54) is 36.4 Å². The Bertz CT molecular complexity index is 1180. The van der Waals surface area contributed by atoms with Gasteiger partial charge in [-0.15, -0.1) is 0 Å². The number of para-hydroxylation sites is 1. The van der Waals surface area contributed by atoms with E-state index >= 15 is 0 Å². The molecule has 0 amide bonds. The van der Waals surface area contributed by atoms with Gasteiger partial charge in [0, 0.05) is 17.3 Å². The van der Waals surface area contributed by atoms with Crippen molar-refractivity contribution < 1.29 is 27.7 Å². The number of benzene rings is 2. The Morgan fingerprint density at radius 2 is 1.86 bits per heavy atom. The van der Waals surface area contributed by atoms with Gasteiger partial charge in [0.15, 0.2) is 4.90 Å². The fraction of sp³-hybridized carbons (Fsp3) is 0.0556. The maximum absolute atomic E-state index is 12.6. The maximum atomic E-state index is 12.6. The molecule has 0 fully saturated rings. The summed E-state index contributed by atoms with van der Waals surface area (Å²) < 4.78 is 32.8. The van der Waals surface area contributed by atoms with Gasteiger partial charge in [0.2, 0.25) is 5.76 Å². The molecule has 0 bridgehead atoms. The quantitative estimate of drug-likeness (QED) is 0.473. The highest BCUT2D eigenvalue weighted by atomic mass is 32.2. The number of nitrogens with one attached hydrogen (secondary N) is 1. The predicted molar refractivity (Wildman–Crippen MR) is 99.7 cm³/mol. The summed E-state index contributed by atoms with van der Waals surface area (Å²) in [5, 5.41) is 20.1. The number of nitro benzene ring substituents is 1. The highest BCUT2D eigenvalue weighted by molar-refractivity contribution is 7.92. The molecule has 0 atom stereocenters. The van der Waals surface area contributed by atoms with Crippen molar-refractivity contribution in [3.8, 4) is 11.3 Å². The molecule has 2 N–H and O–H groups in total. The van der Waals surface area contributed by atoms with E-state index in [2.05, 4.69) is 4.72 Å². The monoisotopic (exact) mass is 402 g/mol. The normalized spacial score (nSPS) is 11.2. The maximum Gasteiger partial charge on any atom is 0.371 e. The van der Waals surface area contributed by atoms with Crippen LogP contribution in [0.5, 0.6) is 0 Å². The molecule has 0 unspecified atom stereocenters. The first-order valence-corrected chi connectivity index (χ1v) is 9.38. The number of hydrogen-bond donors (Lipinski definition) is 2. The summed E-state index contributed by atoms with van der Waals surface area (Å²) in [7, 11) is -4.23. The molecule has 1 aromatic heterocycles. The van der Waals surface area contributed by atoms with Crippen molar-refractivity contribution in [1.82, 2.24) is 0 Å². The van der Waals surface area contributed by atoms with Gasteiger partial charge in [-0.25, -0.2) is 13.2 Å². The van der Waals surface area contributed by atoms with Crippen LogP contribution in [0.15, 0.2) is 63.9 Å². The Balaban J connectivity index is 1.99. The Kier molecular flexibility index (Phi) is 4.89. The minimum absolute atomic E-state index is 0.145. The third-order valence-electron chi connectivity index (χ3n) is 3.92. The van der Waals surface area contributed by atoms with Gasteiger partial charge >= 0.3 is 5.97 Å². The molecule has 0 aliphatic heterocycles. The molecule has 0 aliphatic rings. The Morgan fingerprint density at radius 1 is 1.14 bits per heavy atom. The van der Waals surface area contributed by atoms with Gasteiger partial charge in [-0.3, -0.25) is 14.8 Å². The van der Waals surface area contributed by atoms with Gasteiger partial charge in [0.1, 0.15) is 5.76 Å². The molecule has 0 saturated heterocycles. The second-order valence-corrected chi connectivity index (χ2v) is 7.48. The number of aromatic carboxylic acids is 1. The Labute approximate surface area is 159 Å². The number of sulfonamides is 1. The molecule has 144 valence electrons. The van der Waals surface area contributed by atoms with Crippen molar-refractivity contribution in [2.24, 2.45) is 0 Å². The van der Waals surface area contributed by atoms with Crippen molar-refractivity contribution in [3.63, 3.8) is 0 Å². The van der Waals surface area contributed by atoms with E-state index in [0.29, 0.717) is 5.56 Å². The number of anilines is 1. The van der Waals surface area contributed by atoms with Gasteiger partial charge in [-0.05, 0) is 42.8 Å². The molecular formula is C18H14N2O7S. The number of furan rings is 1.